The molecule has 1 aromatic rings. The second kappa shape index (κ2) is 9.43. The molecule has 0 aromatic heterocycles. The first-order valence-corrected chi connectivity index (χ1v) is 10.6. The molecule has 1 aliphatic carbocycles. The van der Waals surface area contributed by atoms with E-state index >= 15 is 0 Å². The maximum atomic E-state index is 12.7. The zero-order valence-corrected chi connectivity index (χ0v) is 17.8. The van der Waals surface area contributed by atoms with Gasteiger partial charge in [0.25, 0.3) is 0 Å². The van der Waals surface area contributed by atoms with Crippen molar-refractivity contribution >= 4 is 5.78 Å². The molecule has 3 rings (SSSR count). The number of hydrogen-bond donors (Lipinski definition) is 4. The lowest BCUT2D eigenvalue weighted by Crippen LogP contribution is -2.50. The van der Waals surface area contributed by atoms with E-state index in [1.807, 2.05) is 26.0 Å². The topological polar surface area (TPSA) is 107 Å². The molecule has 6 heteroatoms. The van der Waals surface area contributed by atoms with Gasteiger partial charge in [-0.1, -0.05) is 24.6 Å². The van der Waals surface area contributed by atoms with Crippen molar-refractivity contribution in [2.75, 3.05) is 6.61 Å². The Bertz CT molecular complexity index is 840. The minimum atomic E-state index is -1.04. The van der Waals surface area contributed by atoms with Crippen LogP contribution in [0.25, 0.3) is 0 Å². The van der Waals surface area contributed by atoms with Gasteiger partial charge in [-0.2, -0.15) is 0 Å². The van der Waals surface area contributed by atoms with Crippen LogP contribution in [0.5, 0.6) is 5.75 Å². The molecule has 30 heavy (non-hydrogen) atoms. The van der Waals surface area contributed by atoms with Gasteiger partial charge < -0.3 is 25.2 Å². The van der Waals surface area contributed by atoms with Gasteiger partial charge in [-0.3, -0.25) is 4.79 Å². The maximum absolute atomic E-state index is 12.7. The first-order valence-electron chi connectivity index (χ1n) is 10.6. The molecule has 6 nitrogen and oxygen atoms in total. The fourth-order valence-corrected chi connectivity index (χ4v) is 4.11. The first-order chi connectivity index (χ1) is 14.2. The summed E-state index contributed by atoms with van der Waals surface area (Å²) in [6.07, 6.45) is 2.23. The van der Waals surface area contributed by atoms with Crippen LogP contribution in [0.15, 0.2) is 41.5 Å². The first kappa shape index (κ1) is 22.7. The lowest BCUT2D eigenvalue weighted by Gasteiger charge is -2.37. The Labute approximate surface area is 177 Å². The molecule has 1 aliphatic heterocycles. The molecule has 1 fully saturated rings. The van der Waals surface area contributed by atoms with Crippen molar-refractivity contribution in [3.63, 3.8) is 0 Å². The van der Waals surface area contributed by atoms with Crippen LogP contribution in [0, 0.1) is 11.8 Å². The smallest absolute Gasteiger partial charge is 0.189 e. The van der Waals surface area contributed by atoms with Gasteiger partial charge >= 0.3 is 0 Å². The maximum Gasteiger partial charge on any atom is 0.189 e. The van der Waals surface area contributed by atoms with Crippen molar-refractivity contribution in [1.29, 1.82) is 0 Å². The van der Waals surface area contributed by atoms with Crippen molar-refractivity contribution < 1.29 is 30.0 Å². The van der Waals surface area contributed by atoms with Crippen LogP contribution in [-0.2, 0) is 11.2 Å². The van der Waals surface area contributed by atoms with E-state index in [0.29, 0.717) is 37.0 Å². The summed E-state index contributed by atoms with van der Waals surface area (Å²) >= 11 is 0. The number of carbonyl (C=O) groups excluding carboxylic acids is 1. The second-order valence-corrected chi connectivity index (χ2v) is 8.69. The number of benzene rings is 1. The number of phenols is 1. The number of allylic oxidation sites excluding steroid dienone is 2. The fourth-order valence-electron chi connectivity index (χ4n) is 4.11. The van der Waals surface area contributed by atoms with Gasteiger partial charge in [0, 0.05) is 23.5 Å². The van der Waals surface area contributed by atoms with Gasteiger partial charge in [0.05, 0.1) is 24.9 Å². The predicted octanol–water partition coefficient (Wildman–Crippen LogP) is 2.54. The number of ether oxygens (including phenoxy) is 1. The number of fused-ring (bicyclic) bond motifs is 1. The third-order valence-electron chi connectivity index (χ3n) is 6.37. The van der Waals surface area contributed by atoms with E-state index in [1.54, 1.807) is 19.1 Å². The summed E-state index contributed by atoms with van der Waals surface area (Å²) in [5.41, 5.74) is 2.90. The SMILES string of the molecule is C/C(C[C@@H]1OCC(C/C=C/[C@@H](C)[C@H](C)O)[C@@H](O)[C@H]1O)=C1/Cc2cc(O)ccc2C1=O. The zero-order chi connectivity index (χ0) is 22.0. The van der Waals surface area contributed by atoms with E-state index in [2.05, 4.69) is 0 Å². The van der Waals surface area contributed by atoms with Crippen LogP contribution in [0.1, 0.15) is 49.5 Å². The second-order valence-electron chi connectivity index (χ2n) is 8.69. The highest BCUT2D eigenvalue weighted by Gasteiger charge is 2.38. The molecule has 2 aliphatic rings. The Morgan fingerprint density at radius 2 is 2.00 bits per heavy atom. The molecule has 0 saturated carbocycles. The molecule has 1 aromatic carbocycles. The average molecular weight is 417 g/mol. The predicted molar refractivity (Wildman–Crippen MR) is 113 cm³/mol. The molecule has 6 atom stereocenters. The van der Waals surface area contributed by atoms with Gasteiger partial charge in [0.15, 0.2) is 5.78 Å². The monoisotopic (exact) mass is 416 g/mol. The average Bonchev–Trinajstić information content (AvgIpc) is 3.02. The number of aromatic hydroxyl groups is 1. The van der Waals surface area contributed by atoms with E-state index in [0.717, 1.165) is 11.1 Å². The molecular weight excluding hydrogens is 384 g/mol. The summed E-state index contributed by atoms with van der Waals surface area (Å²) in [5.74, 6) is -0.114. The van der Waals surface area contributed by atoms with Gasteiger partial charge in [0.2, 0.25) is 0 Å². The van der Waals surface area contributed by atoms with Crippen molar-refractivity contribution in [2.45, 2.75) is 64.4 Å². The number of ketones is 1. The lowest BCUT2D eigenvalue weighted by molar-refractivity contribution is -0.162. The minimum Gasteiger partial charge on any atom is -0.508 e. The summed E-state index contributed by atoms with van der Waals surface area (Å²) in [4.78, 5) is 12.7. The van der Waals surface area contributed by atoms with Crippen molar-refractivity contribution in [1.82, 2.24) is 0 Å². The summed E-state index contributed by atoms with van der Waals surface area (Å²) in [6.45, 7) is 5.82. The Balaban J connectivity index is 1.62. The zero-order valence-electron chi connectivity index (χ0n) is 17.8. The summed E-state index contributed by atoms with van der Waals surface area (Å²) < 4.78 is 5.86. The highest BCUT2D eigenvalue weighted by molar-refractivity contribution is 6.13. The molecule has 1 heterocycles. The van der Waals surface area contributed by atoms with Crippen molar-refractivity contribution in [2.24, 2.45) is 11.8 Å². The third kappa shape index (κ3) is 4.83. The number of carbonyl (C=O) groups is 1. The quantitative estimate of drug-likeness (QED) is 0.419. The molecule has 0 amide bonds. The number of Topliss-reactive ketones (excluding diaryl/α,β-unsaturated/α-hetero) is 1. The van der Waals surface area contributed by atoms with E-state index in [4.69, 9.17) is 4.74 Å². The van der Waals surface area contributed by atoms with Gasteiger partial charge in [-0.25, -0.2) is 0 Å². The standard InChI is InChI=1S/C24H32O6/c1-13(15(3)25)5-4-6-16-12-30-21(24(29)22(16)27)9-14(2)20-11-17-10-18(26)7-8-19(17)23(20)28/h4-5,7-8,10,13,15-16,21-22,24-27,29H,6,9,11-12H2,1-3H3/b5-4+,20-14+/t13-,15+,16?,21+,22-,24+/m1/s1. The van der Waals surface area contributed by atoms with E-state index in [1.165, 1.54) is 6.07 Å². The molecule has 1 saturated heterocycles. The van der Waals surface area contributed by atoms with Crippen molar-refractivity contribution in [3.8, 4) is 5.75 Å². The van der Waals surface area contributed by atoms with Crippen LogP contribution in [0.3, 0.4) is 0 Å². The number of aliphatic hydroxyl groups excluding tert-OH is 3. The summed E-state index contributed by atoms with van der Waals surface area (Å²) in [5, 5.41) is 40.3. The lowest BCUT2D eigenvalue weighted by atomic mass is 9.86. The number of aliphatic hydroxyl groups is 3. The highest BCUT2D eigenvalue weighted by Crippen LogP contribution is 2.34. The minimum absolute atomic E-state index is 0.0218. The number of rotatable bonds is 6. The molecule has 0 radical (unpaired) electrons. The fraction of sp³-hybridized carbons (Fsp3) is 0.542. The van der Waals surface area contributed by atoms with Gasteiger partial charge in [-0.05, 0) is 56.4 Å². The Morgan fingerprint density at radius 3 is 2.70 bits per heavy atom. The molecule has 0 spiro atoms. The molecule has 0 bridgehead atoms. The number of hydrogen-bond acceptors (Lipinski definition) is 6. The number of phenolic OH excluding ortho intramolecular Hbond substituents is 1. The van der Waals surface area contributed by atoms with Crippen LogP contribution in [0.4, 0.5) is 0 Å². The van der Waals surface area contributed by atoms with Crippen LogP contribution in [0.2, 0.25) is 0 Å². The van der Waals surface area contributed by atoms with Crippen LogP contribution < -0.4 is 0 Å². The summed E-state index contributed by atoms with van der Waals surface area (Å²) in [7, 11) is 0. The Kier molecular flexibility index (Phi) is 7.14. The Hall–Kier alpha value is -1.99. The highest BCUT2D eigenvalue weighted by atomic mass is 16.5. The molecular formula is C24H32O6. The van der Waals surface area contributed by atoms with Crippen molar-refractivity contribution in [3.05, 3.63) is 52.6 Å². The van der Waals surface area contributed by atoms with E-state index < -0.39 is 24.4 Å². The molecule has 164 valence electrons. The van der Waals surface area contributed by atoms with Crippen LogP contribution in [-0.4, -0.2) is 57.2 Å². The molecule has 1 unspecified atom stereocenters. The van der Waals surface area contributed by atoms with E-state index in [9.17, 15) is 25.2 Å². The molecule has 4 N–H and O–H groups in total. The van der Waals surface area contributed by atoms with Gasteiger partial charge in [-0.15, -0.1) is 0 Å². The van der Waals surface area contributed by atoms with Gasteiger partial charge in [0.1, 0.15) is 11.9 Å². The van der Waals surface area contributed by atoms with Crippen LogP contribution >= 0.6 is 0 Å². The summed E-state index contributed by atoms with van der Waals surface area (Å²) in [6, 6.07) is 4.76. The third-order valence-corrected chi connectivity index (χ3v) is 6.37. The largest absolute Gasteiger partial charge is 0.508 e. The Morgan fingerprint density at radius 1 is 1.27 bits per heavy atom. The normalized spacial score (nSPS) is 30.4. The van der Waals surface area contributed by atoms with E-state index in [-0.39, 0.29) is 23.4 Å².